The molecule has 2 aliphatic rings. The molecule has 2 aromatic rings. The van der Waals surface area contributed by atoms with Crippen LogP contribution >= 0.6 is 11.3 Å². The summed E-state index contributed by atoms with van der Waals surface area (Å²) in [5.74, 6) is 0.656. The Labute approximate surface area is 138 Å². The molecule has 1 amide bonds. The van der Waals surface area contributed by atoms with Crippen LogP contribution in [0.25, 0.3) is 0 Å². The highest BCUT2D eigenvalue weighted by molar-refractivity contribution is 7.08. The van der Waals surface area contributed by atoms with Crippen LogP contribution in [0, 0.1) is 6.92 Å². The third-order valence-corrected chi connectivity index (χ3v) is 5.04. The molecule has 0 atom stereocenters. The summed E-state index contributed by atoms with van der Waals surface area (Å²) in [6.07, 6.45) is 2.14. The van der Waals surface area contributed by atoms with Gasteiger partial charge in [-0.25, -0.2) is 0 Å². The maximum absolute atomic E-state index is 12.2. The van der Waals surface area contributed by atoms with Gasteiger partial charge in [0.2, 0.25) is 0 Å². The summed E-state index contributed by atoms with van der Waals surface area (Å²) in [7, 11) is 0. The third kappa shape index (κ3) is 2.79. The molecule has 2 aromatic heterocycles. The highest BCUT2D eigenvalue weighted by Gasteiger charge is 2.33. The minimum absolute atomic E-state index is 0.00743. The quantitative estimate of drug-likeness (QED) is 0.865. The molecule has 5 nitrogen and oxygen atoms in total. The lowest BCUT2D eigenvalue weighted by Gasteiger charge is -2.38. The molecular weight excluding hydrogens is 312 g/mol. The van der Waals surface area contributed by atoms with Crippen molar-refractivity contribution in [2.75, 3.05) is 13.1 Å². The van der Waals surface area contributed by atoms with Crippen LogP contribution in [0.3, 0.4) is 0 Å². The Balaban J connectivity index is 1.39. The minimum Gasteiger partial charge on any atom is -0.486 e. The molecule has 6 heteroatoms. The summed E-state index contributed by atoms with van der Waals surface area (Å²) in [6, 6.07) is 5.69. The number of carbonyl (C=O) groups is 1. The van der Waals surface area contributed by atoms with Gasteiger partial charge in [-0.05, 0) is 37.3 Å². The zero-order valence-corrected chi connectivity index (χ0v) is 13.7. The SMILES string of the molecule is Cc1cc(OC2CN(C(=O)c3ccsc3)C2)cc(=O)n1C1CC1. The fourth-order valence-corrected chi connectivity index (χ4v) is 3.62. The second-order valence-electron chi connectivity index (χ2n) is 6.23. The van der Waals surface area contributed by atoms with Gasteiger partial charge in [-0.1, -0.05) is 0 Å². The molecule has 3 heterocycles. The highest BCUT2D eigenvalue weighted by atomic mass is 32.1. The Bertz CT molecular complexity index is 787. The first kappa shape index (κ1) is 14.5. The second-order valence-corrected chi connectivity index (χ2v) is 7.01. The minimum atomic E-state index is -0.0341. The van der Waals surface area contributed by atoms with E-state index in [1.165, 1.54) is 11.3 Å². The van der Waals surface area contributed by atoms with Crippen molar-refractivity contribution >= 4 is 17.2 Å². The van der Waals surface area contributed by atoms with E-state index in [2.05, 4.69) is 0 Å². The normalized spacial score (nSPS) is 17.9. The number of nitrogens with zero attached hydrogens (tertiary/aromatic N) is 2. The number of pyridine rings is 1. The summed E-state index contributed by atoms with van der Waals surface area (Å²) in [6.45, 7) is 3.08. The fraction of sp³-hybridized carbons (Fsp3) is 0.412. The molecule has 1 saturated carbocycles. The van der Waals surface area contributed by atoms with Crippen LogP contribution in [0.1, 0.15) is 34.9 Å². The molecule has 23 heavy (non-hydrogen) atoms. The van der Waals surface area contributed by atoms with Crippen molar-refractivity contribution in [3.05, 3.63) is 50.6 Å². The van der Waals surface area contributed by atoms with Gasteiger partial charge >= 0.3 is 0 Å². The summed E-state index contributed by atoms with van der Waals surface area (Å²) >= 11 is 1.52. The molecule has 4 rings (SSSR count). The van der Waals surface area contributed by atoms with E-state index < -0.39 is 0 Å². The second kappa shape index (κ2) is 5.53. The number of amides is 1. The Morgan fingerprint density at radius 3 is 2.70 bits per heavy atom. The van der Waals surface area contributed by atoms with Crippen molar-refractivity contribution in [2.45, 2.75) is 31.9 Å². The third-order valence-electron chi connectivity index (χ3n) is 4.35. The van der Waals surface area contributed by atoms with Crippen molar-refractivity contribution in [1.29, 1.82) is 0 Å². The van der Waals surface area contributed by atoms with E-state index in [4.69, 9.17) is 4.74 Å². The summed E-state index contributed by atoms with van der Waals surface area (Å²) in [5.41, 5.74) is 1.69. The lowest BCUT2D eigenvalue weighted by molar-refractivity contribution is 0.0177. The molecule has 0 N–H and O–H groups in total. The van der Waals surface area contributed by atoms with E-state index in [1.807, 2.05) is 34.4 Å². The van der Waals surface area contributed by atoms with E-state index in [1.54, 1.807) is 11.0 Å². The van der Waals surface area contributed by atoms with Crippen molar-refractivity contribution in [1.82, 2.24) is 9.47 Å². The first-order chi connectivity index (χ1) is 11.1. The molecule has 1 aliphatic carbocycles. The number of hydrogen-bond donors (Lipinski definition) is 0. The number of ether oxygens (including phenoxy) is 1. The van der Waals surface area contributed by atoms with E-state index >= 15 is 0 Å². The van der Waals surface area contributed by atoms with E-state index in [-0.39, 0.29) is 17.6 Å². The van der Waals surface area contributed by atoms with E-state index in [9.17, 15) is 9.59 Å². The predicted octanol–water partition coefficient (Wildman–Crippen LogP) is 2.46. The number of likely N-dealkylation sites (tertiary alicyclic amines) is 1. The maximum Gasteiger partial charge on any atom is 0.254 e. The first-order valence-electron chi connectivity index (χ1n) is 7.83. The van der Waals surface area contributed by atoms with Gasteiger partial charge in [0.25, 0.3) is 11.5 Å². The van der Waals surface area contributed by atoms with Gasteiger partial charge in [-0.15, -0.1) is 0 Å². The molecule has 0 radical (unpaired) electrons. The maximum atomic E-state index is 12.2. The molecule has 0 aromatic carbocycles. The monoisotopic (exact) mass is 330 g/mol. The van der Waals surface area contributed by atoms with E-state index in [0.29, 0.717) is 24.9 Å². The van der Waals surface area contributed by atoms with Gasteiger partial charge in [0.05, 0.1) is 18.7 Å². The molecule has 120 valence electrons. The van der Waals surface area contributed by atoms with Crippen LogP contribution in [-0.2, 0) is 0 Å². The van der Waals surface area contributed by atoms with Crippen molar-refractivity contribution in [3.63, 3.8) is 0 Å². The topological polar surface area (TPSA) is 51.5 Å². The Morgan fingerprint density at radius 1 is 1.30 bits per heavy atom. The number of rotatable bonds is 4. The number of hydrogen-bond acceptors (Lipinski definition) is 4. The Hall–Kier alpha value is -2.08. The molecule has 1 saturated heterocycles. The highest BCUT2D eigenvalue weighted by Crippen LogP contribution is 2.35. The molecule has 1 aliphatic heterocycles. The average Bonchev–Trinajstić information content (AvgIpc) is 3.13. The van der Waals surface area contributed by atoms with Gasteiger partial charge in [-0.2, -0.15) is 11.3 Å². The smallest absolute Gasteiger partial charge is 0.254 e. The summed E-state index contributed by atoms with van der Waals surface area (Å²) in [5, 5.41) is 3.76. The van der Waals surface area contributed by atoms with Crippen LogP contribution in [-0.4, -0.2) is 34.6 Å². The van der Waals surface area contributed by atoms with Crippen LogP contribution in [0.15, 0.2) is 33.8 Å². The van der Waals surface area contributed by atoms with Crippen LogP contribution in [0.4, 0.5) is 0 Å². The number of carbonyl (C=O) groups excluding carboxylic acids is 1. The standard InChI is InChI=1S/C17H18N2O3S/c1-11-6-14(7-16(20)19(11)13-2-3-13)22-15-8-18(9-15)17(21)12-4-5-23-10-12/h4-7,10,13,15H,2-3,8-9H2,1H3. The molecule has 2 fully saturated rings. The Morgan fingerprint density at radius 2 is 2.09 bits per heavy atom. The number of aromatic nitrogens is 1. The lowest BCUT2D eigenvalue weighted by atomic mass is 10.1. The molecular formula is C17H18N2O3S. The van der Waals surface area contributed by atoms with Gasteiger partial charge in [0, 0.05) is 23.2 Å². The van der Waals surface area contributed by atoms with Crippen LogP contribution < -0.4 is 10.3 Å². The predicted molar refractivity (Wildman–Crippen MR) is 88.3 cm³/mol. The zero-order valence-electron chi connectivity index (χ0n) is 12.9. The van der Waals surface area contributed by atoms with Crippen LogP contribution in [0.5, 0.6) is 5.75 Å². The van der Waals surface area contributed by atoms with Crippen molar-refractivity contribution in [3.8, 4) is 5.75 Å². The van der Waals surface area contributed by atoms with Gasteiger partial charge in [0.15, 0.2) is 0 Å². The largest absolute Gasteiger partial charge is 0.486 e. The van der Waals surface area contributed by atoms with Gasteiger partial charge in [0.1, 0.15) is 11.9 Å². The van der Waals surface area contributed by atoms with Crippen LogP contribution in [0.2, 0.25) is 0 Å². The van der Waals surface area contributed by atoms with Crippen molar-refractivity contribution < 1.29 is 9.53 Å². The Kier molecular flexibility index (Phi) is 3.49. The lowest BCUT2D eigenvalue weighted by Crippen LogP contribution is -2.56. The van der Waals surface area contributed by atoms with E-state index in [0.717, 1.165) is 24.1 Å². The molecule has 0 spiro atoms. The van der Waals surface area contributed by atoms with Gasteiger partial charge in [-0.3, -0.25) is 9.59 Å². The van der Waals surface area contributed by atoms with Gasteiger partial charge < -0.3 is 14.2 Å². The number of thiophene rings is 1. The summed E-state index contributed by atoms with van der Waals surface area (Å²) in [4.78, 5) is 26.1. The summed E-state index contributed by atoms with van der Waals surface area (Å²) < 4.78 is 7.71. The molecule has 0 bridgehead atoms. The van der Waals surface area contributed by atoms with Crippen molar-refractivity contribution in [2.24, 2.45) is 0 Å². The zero-order chi connectivity index (χ0) is 16.0. The first-order valence-corrected chi connectivity index (χ1v) is 8.77. The average molecular weight is 330 g/mol. The number of aryl methyl sites for hydroxylation is 1. The fourth-order valence-electron chi connectivity index (χ4n) is 2.99. The molecule has 0 unspecified atom stereocenters.